The van der Waals surface area contributed by atoms with E-state index < -0.39 is 84.7 Å². The first-order valence-electron chi connectivity index (χ1n) is 8.06. The van der Waals surface area contributed by atoms with Crippen LogP contribution in [-0.4, -0.2) is 88.1 Å². The lowest BCUT2D eigenvalue weighted by Gasteiger charge is -2.41. The molecule has 0 spiro atoms. The number of halogens is 17. The molecule has 0 aliphatic rings. The van der Waals surface area contributed by atoms with Crippen molar-refractivity contribution in [1.29, 1.82) is 0 Å². The van der Waals surface area contributed by atoms with Crippen LogP contribution in [0.4, 0.5) is 74.6 Å². The number of aliphatic hydroxyl groups excluding tert-OH is 4. The van der Waals surface area contributed by atoms with Gasteiger partial charge >= 0.3 is 41.7 Å². The average Bonchev–Trinajstić information content (AvgIpc) is 2.72. The van der Waals surface area contributed by atoms with E-state index in [9.17, 15) is 79.7 Å². The fourth-order valence-electron chi connectivity index (χ4n) is 2.05. The Hall–Kier alpha value is -1.61. The Morgan fingerprint density at radius 3 is 1.09 bits per heavy atom. The van der Waals surface area contributed by atoms with E-state index in [1.54, 1.807) is 0 Å². The number of rotatable bonds is 11. The minimum absolute atomic E-state index is 1.89. The lowest BCUT2D eigenvalue weighted by Crippen LogP contribution is -2.72. The summed E-state index contributed by atoms with van der Waals surface area (Å²) < 4.78 is 223. The highest BCUT2D eigenvalue weighted by Crippen LogP contribution is 2.63. The summed E-state index contributed by atoms with van der Waals surface area (Å²) in [6, 6.07) is 0. The minimum Gasteiger partial charge on any atom is -0.395 e. The lowest BCUT2D eigenvalue weighted by molar-refractivity contribution is -0.450. The van der Waals surface area contributed by atoms with Crippen LogP contribution in [0.15, 0.2) is 11.7 Å². The van der Waals surface area contributed by atoms with Crippen LogP contribution in [0.5, 0.6) is 0 Å². The van der Waals surface area contributed by atoms with E-state index in [-0.39, 0.29) is 0 Å². The predicted octanol–water partition coefficient (Wildman–Crippen LogP) is 3.84. The van der Waals surface area contributed by atoms with Gasteiger partial charge in [0.25, 0.3) is 0 Å². The zero-order valence-corrected chi connectivity index (χ0v) is 15.9. The van der Waals surface area contributed by atoms with Gasteiger partial charge in [0.15, 0.2) is 5.83 Å². The SMILES string of the molecule is OCC(CO)(CO)C(O)C(F)=C(F)C(F)(F)C(F)(F)C(F)(F)C(F)(F)C(F)(F)C(F)(F)C(F)(F)F. The Kier molecular flexibility index (Phi) is 8.93. The third-order valence-corrected chi connectivity index (χ3v) is 4.58. The third-order valence-electron chi connectivity index (χ3n) is 4.58. The maximum absolute atomic E-state index is 13.8. The maximum atomic E-state index is 13.8. The van der Waals surface area contributed by atoms with Gasteiger partial charge in [0.2, 0.25) is 5.83 Å². The molecule has 1 atom stereocenters. The van der Waals surface area contributed by atoms with Crippen molar-refractivity contribution in [2.24, 2.45) is 5.41 Å². The van der Waals surface area contributed by atoms with Crippen molar-refractivity contribution >= 4 is 0 Å². The molecule has 21 heteroatoms. The Morgan fingerprint density at radius 2 is 0.800 bits per heavy atom. The molecule has 0 bridgehead atoms. The number of allylic oxidation sites excluding steroid dienone is 1. The van der Waals surface area contributed by atoms with Crippen molar-refractivity contribution < 1.29 is 95.1 Å². The van der Waals surface area contributed by atoms with Gasteiger partial charge in [-0.25, -0.2) is 8.78 Å². The highest BCUT2D eigenvalue weighted by molar-refractivity contribution is 5.24. The van der Waals surface area contributed by atoms with E-state index in [1.165, 1.54) is 0 Å². The zero-order valence-electron chi connectivity index (χ0n) is 15.9. The standard InChI is InChI=1S/C14H11F17O4/c15-4(6(35)7(1-32,2-33)3-34)5(16)8(17,18)9(19,20)10(21,22)11(23,24)12(25,26)13(27,28)14(29,30)31/h6,32-35H,1-3H2. The molecule has 0 aromatic carbocycles. The van der Waals surface area contributed by atoms with Crippen molar-refractivity contribution in [2.75, 3.05) is 19.8 Å². The molecule has 0 aromatic rings. The molecule has 210 valence electrons. The first-order valence-corrected chi connectivity index (χ1v) is 8.06. The molecule has 4 N–H and O–H groups in total. The van der Waals surface area contributed by atoms with Crippen LogP contribution in [0.3, 0.4) is 0 Å². The second-order valence-corrected chi connectivity index (χ2v) is 6.85. The van der Waals surface area contributed by atoms with Crippen LogP contribution in [-0.2, 0) is 0 Å². The summed E-state index contributed by atoms with van der Waals surface area (Å²) >= 11 is 0. The Balaban J connectivity index is 6.95. The second-order valence-electron chi connectivity index (χ2n) is 6.85. The molecule has 4 nitrogen and oxygen atoms in total. The van der Waals surface area contributed by atoms with Crippen LogP contribution in [0.1, 0.15) is 0 Å². The highest BCUT2D eigenvalue weighted by atomic mass is 19.4. The Bertz CT molecular complexity index is 776. The zero-order chi connectivity index (χ0) is 28.9. The maximum Gasteiger partial charge on any atom is 0.460 e. The molecule has 0 aliphatic heterocycles. The largest absolute Gasteiger partial charge is 0.460 e. The van der Waals surface area contributed by atoms with Crippen LogP contribution in [0, 0.1) is 5.41 Å². The number of hydrogen-bond acceptors (Lipinski definition) is 4. The fraction of sp³-hybridized carbons (Fsp3) is 0.857. The molecule has 0 aromatic heterocycles. The van der Waals surface area contributed by atoms with Crippen LogP contribution in [0.25, 0.3) is 0 Å². The van der Waals surface area contributed by atoms with E-state index in [1.807, 2.05) is 0 Å². The van der Waals surface area contributed by atoms with E-state index >= 15 is 0 Å². The van der Waals surface area contributed by atoms with Gasteiger partial charge in [-0.15, -0.1) is 0 Å². The molecule has 0 radical (unpaired) electrons. The number of alkyl halides is 15. The van der Waals surface area contributed by atoms with E-state index in [0.29, 0.717) is 0 Å². The average molecular weight is 566 g/mol. The van der Waals surface area contributed by atoms with E-state index in [0.717, 1.165) is 0 Å². The first kappa shape index (κ1) is 33.4. The first-order chi connectivity index (χ1) is 15.2. The normalized spacial score (nSPS) is 17.4. The highest BCUT2D eigenvalue weighted by Gasteiger charge is 2.93. The summed E-state index contributed by atoms with van der Waals surface area (Å²) in [6.07, 6.45) is -11.7. The van der Waals surface area contributed by atoms with E-state index in [4.69, 9.17) is 15.3 Å². The molecule has 0 amide bonds. The molecule has 1 unspecified atom stereocenters. The molecule has 0 heterocycles. The monoisotopic (exact) mass is 566 g/mol. The molecule has 0 aliphatic carbocycles. The van der Waals surface area contributed by atoms with Gasteiger partial charge in [0.1, 0.15) is 6.10 Å². The summed E-state index contributed by atoms with van der Waals surface area (Å²) in [6.45, 7) is -5.68. The summed E-state index contributed by atoms with van der Waals surface area (Å²) in [5.41, 5.74) is -3.25. The summed E-state index contributed by atoms with van der Waals surface area (Å²) in [5, 5.41) is 35.7. The van der Waals surface area contributed by atoms with Crippen molar-refractivity contribution in [3.63, 3.8) is 0 Å². The Labute approximate surface area is 181 Å². The summed E-state index contributed by atoms with van der Waals surface area (Å²) in [5.74, 6) is -59.0. The van der Waals surface area contributed by atoms with Gasteiger partial charge in [0, 0.05) is 0 Å². The molecule has 0 saturated heterocycles. The van der Waals surface area contributed by atoms with Gasteiger partial charge in [-0.3, -0.25) is 0 Å². The Morgan fingerprint density at radius 1 is 0.514 bits per heavy atom. The van der Waals surface area contributed by atoms with Crippen LogP contribution < -0.4 is 0 Å². The lowest BCUT2D eigenvalue weighted by atomic mass is 9.82. The van der Waals surface area contributed by atoms with Gasteiger partial charge in [-0.1, -0.05) is 0 Å². The summed E-state index contributed by atoms with van der Waals surface area (Å²) in [7, 11) is 0. The van der Waals surface area contributed by atoms with Crippen molar-refractivity contribution in [3.05, 3.63) is 11.7 Å². The smallest absolute Gasteiger partial charge is 0.395 e. The molecular weight excluding hydrogens is 555 g/mol. The third kappa shape index (κ3) is 4.52. The van der Waals surface area contributed by atoms with Gasteiger partial charge in [0.05, 0.1) is 25.2 Å². The molecule has 0 saturated carbocycles. The van der Waals surface area contributed by atoms with Crippen LogP contribution in [0.2, 0.25) is 0 Å². The fourth-order valence-corrected chi connectivity index (χ4v) is 2.05. The van der Waals surface area contributed by atoms with Crippen molar-refractivity contribution in [2.45, 2.75) is 47.8 Å². The van der Waals surface area contributed by atoms with Crippen LogP contribution >= 0.6 is 0 Å². The summed E-state index contributed by atoms with van der Waals surface area (Å²) in [4.78, 5) is 0. The van der Waals surface area contributed by atoms with Crippen molar-refractivity contribution in [1.82, 2.24) is 0 Å². The second kappa shape index (κ2) is 9.36. The molecular formula is C14H11F17O4. The van der Waals surface area contributed by atoms with E-state index in [2.05, 4.69) is 0 Å². The van der Waals surface area contributed by atoms with Gasteiger partial charge < -0.3 is 20.4 Å². The predicted molar refractivity (Wildman–Crippen MR) is 74.7 cm³/mol. The van der Waals surface area contributed by atoms with Gasteiger partial charge in [-0.2, -0.15) is 65.9 Å². The molecule has 0 rings (SSSR count). The molecule has 0 fully saturated rings. The quantitative estimate of drug-likeness (QED) is 0.287. The number of aliphatic hydroxyl groups is 4. The molecule has 35 heavy (non-hydrogen) atoms. The topological polar surface area (TPSA) is 80.9 Å². The minimum atomic E-state index is -8.74. The number of hydrogen-bond donors (Lipinski definition) is 4. The van der Waals surface area contributed by atoms with Crippen molar-refractivity contribution in [3.8, 4) is 0 Å². The van der Waals surface area contributed by atoms with Gasteiger partial charge in [-0.05, 0) is 0 Å².